The van der Waals surface area contributed by atoms with Gasteiger partial charge in [-0.25, -0.2) is 0 Å². The average Bonchev–Trinajstić information content (AvgIpc) is 2.18. The first-order valence-electron chi connectivity index (χ1n) is 4.27. The minimum Gasteiger partial charge on any atom is -0.488 e. The highest BCUT2D eigenvalue weighted by molar-refractivity contribution is 6.30. The van der Waals surface area contributed by atoms with E-state index in [-0.39, 0.29) is 6.04 Å². The van der Waals surface area contributed by atoms with Crippen LogP contribution < -0.4 is 9.64 Å². The first-order chi connectivity index (χ1) is 6.72. The number of likely N-dealkylation sites (N-methyl/N-ethyl adjacent to an activating group) is 1. The molecule has 14 heavy (non-hydrogen) atoms. The van der Waals surface area contributed by atoms with Crippen LogP contribution in [0.15, 0.2) is 18.2 Å². The number of fused-ring (bicyclic) bond motifs is 1. The van der Waals surface area contributed by atoms with Crippen molar-refractivity contribution in [1.29, 1.82) is 5.26 Å². The minimum absolute atomic E-state index is 0.219. The quantitative estimate of drug-likeness (QED) is 0.655. The first-order valence-corrected chi connectivity index (χ1v) is 4.65. The van der Waals surface area contributed by atoms with Crippen LogP contribution >= 0.6 is 11.6 Å². The van der Waals surface area contributed by atoms with Crippen LogP contribution in [0, 0.1) is 11.3 Å². The van der Waals surface area contributed by atoms with Gasteiger partial charge in [0.2, 0.25) is 0 Å². The van der Waals surface area contributed by atoms with Crippen molar-refractivity contribution in [3.63, 3.8) is 0 Å². The Morgan fingerprint density at radius 3 is 3.14 bits per heavy atom. The van der Waals surface area contributed by atoms with E-state index in [4.69, 9.17) is 21.6 Å². The molecule has 0 radical (unpaired) electrons. The van der Waals surface area contributed by atoms with Crippen molar-refractivity contribution in [2.45, 2.75) is 6.04 Å². The third-order valence-corrected chi connectivity index (χ3v) is 2.55. The fourth-order valence-corrected chi connectivity index (χ4v) is 1.63. The molecule has 72 valence electrons. The molecule has 1 atom stereocenters. The number of nitriles is 1. The number of benzene rings is 1. The molecule has 4 heteroatoms. The number of hydrogen-bond donors (Lipinski definition) is 0. The van der Waals surface area contributed by atoms with Crippen LogP contribution in [0.1, 0.15) is 0 Å². The Labute approximate surface area is 87.5 Å². The van der Waals surface area contributed by atoms with E-state index in [0.29, 0.717) is 11.6 Å². The Morgan fingerprint density at radius 1 is 1.64 bits per heavy atom. The molecule has 2 rings (SSSR count). The highest BCUT2D eigenvalue weighted by atomic mass is 35.5. The van der Waals surface area contributed by atoms with Gasteiger partial charge in [0.1, 0.15) is 12.4 Å². The number of rotatable bonds is 0. The molecule has 0 spiro atoms. The summed E-state index contributed by atoms with van der Waals surface area (Å²) in [4.78, 5) is 1.90. The number of halogens is 1. The smallest absolute Gasteiger partial charge is 0.151 e. The molecule has 0 aliphatic carbocycles. The van der Waals surface area contributed by atoms with Crippen LogP contribution in [0.25, 0.3) is 0 Å². The lowest BCUT2D eigenvalue weighted by Gasteiger charge is -2.31. The Balaban J connectivity index is 2.42. The monoisotopic (exact) mass is 208 g/mol. The third-order valence-electron chi connectivity index (χ3n) is 2.32. The maximum absolute atomic E-state index is 8.84. The van der Waals surface area contributed by atoms with Crippen molar-refractivity contribution in [2.24, 2.45) is 0 Å². The van der Waals surface area contributed by atoms with E-state index >= 15 is 0 Å². The molecule has 0 amide bonds. The van der Waals surface area contributed by atoms with Gasteiger partial charge in [0.05, 0.1) is 11.8 Å². The highest BCUT2D eigenvalue weighted by Crippen LogP contribution is 2.34. The molecule has 1 aromatic rings. The van der Waals surface area contributed by atoms with Gasteiger partial charge < -0.3 is 9.64 Å². The molecule has 0 saturated carbocycles. The van der Waals surface area contributed by atoms with Crippen molar-refractivity contribution in [1.82, 2.24) is 0 Å². The van der Waals surface area contributed by atoms with E-state index in [1.54, 1.807) is 12.1 Å². The number of ether oxygens (including phenoxy) is 1. The minimum atomic E-state index is -0.219. The van der Waals surface area contributed by atoms with Crippen LogP contribution in [0.2, 0.25) is 5.02 Å². The summed E-state index contributed by atoms with van der Waals surface area (Å²) >= 11 is 5.83. The lowest BCUT2D eigenvalue weighted by molar-refractivity contribution is 0.289. The Morgan fingerprint density at radius 2 is 2.43 bits per heavy atom. The molecule has 0 saturated heterocycles. The average molecular weight is 209 g/mol. The van der Waals surface area contributed by atoms with E-state index < -0.39 is 0 Å². The fraction of sp³-hybridized carbons (Fsp3) is 0.300. The van der Waals surface area contributed by atoms with Crippen molar-refractivity contribution in [3.8, 4) is 11.8 Å². The maximum atomic E-state index is 8.84. The Hall–Kier alpha value is -1.40. The largest absolute Gasteiger partial charge is 0.488 e. The molecule has 0 bridgehead atoms. The highest BCUT2D eigenvalue weighted by Gasteiger charge is 2.24. The van der Waals surface area contributed by atoms with Gasteiger partial charge in [-0.1, -0.05) is 11.6 Å². The van der Waals surface area contributed by atoms with E-state index in [1.807, 2.05) is 18.0 Å². The number of anilines is 1. The predicted molar refractivity (Wildman–Crippen MR) is 54.8 cm³/mol. The molecule has 0 N–H and O–H groups in total. The summed E-state index contributed by atoms with van der Waals surface area (Å²) in [5.74, 6) is 0.742. The summed E-state index contributed by atoms with van der Waals surface area (Å²) < 4.78 is 5.43. The van der Waals surface area contributed by atoms with E-state index in [1.165, 1.54) is 0 Å². The molecule has 3 nitrogen and oxygen atoms in total. The molecule has 0 fully saturated rings. The topological polar surface area (TPSA) is 36.3 Å². The zero-order valence-corrected chi connectivity index (χ0v) is 8.45. The van der Waals surface area contributed by atoms with Gasteiger partial charge in [-0.05, 0) is 12.1 Å². The molecule has 1 heterocycles. The third kappa shape index (κ3) is 1.38. The number of hydrogen-bond acceptors (Lipinski definition) is 3. The van der Waals surface area contributed by atoms with Gasteiger partial charge in [-0.3, -0.25) is 0 Å². The normalized spacial score (nSPS) is 19.5. The van der Waals surface area contributed by atoms with Crippen LogP contribution in [-0.2, 0) is 0 Å². The number of nitrogens with zero attached hydrogens (tertiary/aromatic N) is 2. The zero-order valence-electron chi connectivity index (χ0n) is 7.70. The summed E-state index contributed by atoms with van der Waals surface area (Å²) in [6.07, 6.45) is 0. The van der Waals surface area contributed by atoms with Crippen molar-refractivity contribution < 1.29 is 4.74 Å². The van der Waals surface area contributed by atoms with Gasteiger partial charge >= 0.3 is 0 Å². The van der Waals surface area contributed by atoms with Crippen molar-refractivity contribution in [2.75, 3.05) is 18.6 Å². The maximum Gasteiger partial charge on any atom is 0.151 e. The van der Waals surface area contributed by atoms with Gasteiger partial charge in [-0.2, -0.15) is 5.26 Å². The Kier molecular flexibility index (Phi) is 2.22. The standard InChI is InChI=1S/C10H9ClN2O/c1-13-8(5-12)6-14-10-4-7(11)2-3-9(10)13/h2-4,8H,6H2,1H3. The predicted octanol–water partition coefficient (Wildman–Crippen LogP) is 2.06. The second-order valence-electron chi connectivity index (χ2n) is 3.18. The van der Waals surface area contributed by atoms with Crippen LogP contribution in [0.5, 0.6) is 5.75 Å². The first kappa shape index (κ1) is 9.17. The SMILES string of the molecule is CN1c2ccc(Cl)cc2OCC1C#N. The van der Waals surface area contributed by atoms with E-state index in [0.717, 1.165) is 11.4 Å². The van der Waals surface area contributed by atoms with Gasteiger partial charge in [0, 0.05) is 18.1 Å². The fourth-order valence-electron chi connectivity index (χ4n) is 1.47. The molecule has 1 aliphatic heterocycles. The summed E-state index contributed by atoms with van der Waals surface area (Å²) in [7, 11) is 1.88. The zero-order chi connectivity index (χ0) is 10.1. The van der Waals surface area contributed by atoms with Crippen LogP contribution in [0.4, 0.5) is 5.69 Å². The van der Waals surface area contributed by atoms with E-state index in [9.17, 15) is 0 Å². The second kappa shape index (κ2) is 3.39. The summed E-state index contributed by atoms with van der Waals surface area (Å²) in [6.45, 7) is 0.389. The molecule has 1 aliphatic rings. The second-order valence-corrected chi connectivity index (χ2v) is 3.62. The summed E-state index contributed by atoms with van der Waals surface area (Å²) in [6, 6.07) is 7.38. The molecule has 1 aromatic carbocycles. The lowest BCUT2D eigenvalue weighted by Crippen LogP contribution is -2.39. The van der Waals surface area contributed by atoms with Crippen molar-refractivity contribution >= 4 is 17.3 Å². The van der Waals surface area contributed by atoms with Gasteiger partial charge in [0.25, 0.3) is 0 Å². The summed E-state index contributed by atoms with van der Waals surface area (Å²) in [5.41, 5.74) is 0.909. The van der Waals surface area contributed by atoms with Crippen molar-refractivity contribution in [3.05, 3.63) is 23.2 Å². The lowest BCUT2D eigenvalue weighted by atomic mass is 10.2. The molecular formula is C10H9ClN2O. The molecule has 1 unspecified atom stereocenters. The molecule has 0 aromatic heterocycles. The Bertz CT molecular complexity index is 400. The van der Waals surface area contributed by atoms with Gasteiger partial charge in [-0.15, -0.1) is 0 Å². The van der Waals surface area contributed by atoms with Gasteiger partial charge in [0.15, 0.2) is 6.04 Å². The van der Waals surface area contributed by atoms with E-state index in [2.05, 4.69) is 6.07 Å². The molecular weight excluding hydrogens is 200 g/mol. The van der Waals surface area contributed by atoms with Crippen LogP contribution in [-0.4, -0.2) is 19.7 Å². The van der Waals surface area contributed by atoms with Crippen LogP contribution in [0.3, 0.4) is 0 Å². The summed E-state index contributed by atoms with van der Waals surface area (Å²) in [5, 5.41) is 9.49.